The highest BCUT2D eigenvalue weighted by Gasteiger charge is 2.23. The standard InChI is InChI=1S/C12H10N4O2/c1-8(10(3-13)4-14)11(5-15)9(2)16-6-12(17)18-7-16/h6-7H2,1-2H3/b11-9+. The molecule has 6 nitrogen and oxygen atoms in total. The zero-order chi connectivity index (χ0) is 13.7. The molecule has 0 unspecified atom stereocenters. The molecule has 1 heterocycles. The van der Waals surface area contributed by atoms with E-state index in [9.17, 15) is 4.79 Å². The van der Waals surface area contributed by atoms with Crippen LogP contribution in [0.25, 0.3) is 0 Å². The number of esters is 1. The van der Waals surface area contributed by atoms with Crippen LogP contribution >= 0.6 is 0 Å². The molecule has 0 aromatic carbocycles. The molecule has 0 aliphatic carbocycles. The van der Waals surface area contributed by atoms with Crippen LogP contribution in [0, 0.1) is 34.0 Å². The molecule has 0 bridgehead atoms. The van der Waals surface area contributed by atoms with Crippen molar-refractivity contribution in [3.63, 3.8) is 0 Å². The second kappa shape index (κ2) is 5.52. The topological polar surface area (TPSA) is 101 Å². The predicted octanol–water partition coefficient (Wildman–Crippen LogP) is 0.964. The van der Waals surface area contributed by atoms with Crippen molar-refractivity contribution < 1.29 is 9.53 Å². The highest BCUT2D eigenvalue weighted by molar-refractivity contribution is 5.73. The van der Waals surface area contributed by atoms with Gasteiger partial charge in [-0.15, -0.1) is 0 Å². The molecule has 1 fully saturated rings. The second-order valence-corrected chi connectivity index (χ2v) is 3.64. The highest BCUT2D eigenvalue weighted by atomic mass is 16.6. The van der Waals surface area contributed by atoms with Gasteiger partial charge in [0, 0.05) is 5.70 Å². The van der Waals surface area contributed by atoms with Gasteiger partial charge in [-0.2, -0.15) is 15.8 Å². The Morgan fingerprint density at radius 1 is 1.22 bits per heavy atom. The summed E-state index contributed by atoms with van der Waals surface area (Å²) in [6, 6.07) is 5.43. The Morgan fingerprint density at radius 3 is 2.22 bits per heavy atom. The number of carbonyl (C=O) groups is 1. The van der Waals surface area contributed by atoms with Gasteiger partial charge in [-0.1, -0.05) is 0 Å². The van der Waals surface area contributed by atoms with Gasteiger partial charge in [-0.3, -0.25) is 4.79 Å². The van der Waals surface area contributed by atoms with Crippen molar-refractivity contribution in [3.05, 3.63) is 22.4 Å². The quantitative estimate of drug-likeness (QED) is 0.406. The van der Waals surface area contributed by atoms with E-state index in [1.54, 1.807) is 24.0 Å². The summed E-state index contributed by atoms with van der Waals surface area (Å²) < 4.78 is 4.77. The van der Waals surface area contributed by atoms with E-state index in [0.29, 0.717) is 11.3 Å². The molecule has 0 radical (unpaired) electrons. The lowest BCUT2D eigenvalue weighted by Gasteiger charge is -2.16. The van der Waals surface area contributed by atoms with E-state index in [1.807, 2.05) is 6.07 Å². The van der Waals surface area contributed by atoms with Crippen molar-refractivity contribution in [1.29, 1.82) is 15.8 Å². The van der Waals surface area contributed by atoms with Gasteiger partial charge in [0.25, 0.3) is 0 Å². The Labute approximate surface area is 105 Å². The molecule has 6 heteroatoms. The van der Waals surface area contributed by atoms with Gasteiger partial charge < -0.3 is 9.64 Å². The summed E-state index contributed by atoms with van der Waals surface area (Å²) in [6.07, 6.45) is 0. The third kappa shape index (κ3) is 2.48. The Balaban J connectivity index is 3.23. The molecule has 0 spiro atoms. The van der Waals surface area contributed by atoms with Gasteiger partial charge in [0.05, 0.1) is 5.57 Å². The molecular weight excluding hydrogens is 232 g/mol. The summed E-state index contributed by atoms with van der Waals surface area (Å²) in [5, 5.41) is 26.7. The molecule has 1 aliphatic rings. The lowest BCUT2D eigenvalue weighted by atomic mass is 10.0. The van der Waals surface area contributed by atoms with E-state index >= 15 is 0 Å². The van der Waals surface area contributed by atoms with Crippen LogP contribution in [0.2, 0.25) is 0 Å². The molecule has 0 aromatic rings. The van der Waals surface area contributed by atoms with E-state index in [0.717, 1.165) is 0 Å². The summed E-state index contributed by atoms with van der Waals surface area (Å²) in [6.45, 7) is 3.33. The molecule has 0 atom stereocenters. The van der Waals surface area contributed by atoms with Crippen molar-refractivity contribution in [3.8, 4) is 18.2 Å². The van der Waals surface area contributed by atoms with Crippen molar-refractivity contribution >= 4 is 5.97 Å². The zero-order valence-electron chi connectivity index (χ0n) is 10.0. The molecule has 18 heavy (non-hydrogen) atoms. The average Bonchev–Trinajstić information content (AvgIpc) is 2.78. The van der Waals surface area contributed by atoms with Crippen LogP contribution in [0.15, 0.2) is 22.4 Å². The summed E-state index contributed by atoms with van der Waals surface area (Å²) in [7, 11) is 0. The number of rotatable bonds is 2. The zero-order valence-corrected chi connectivity index (χ0v) is 10.0. The largest absolute Gasteiger partial charge is 0.443 e. The van der Waals surface area contributed by atoms with Crippen LogP contribution < -0.4 is 0 Å². The van der Waals surface area contributed by atoms with E-state index in [2.05, 4.69) is 0 Å². The number of nitrogens with zero attached hydrogens (tertiary/aromatic N) is 4. The maximum Gasteiger partial charge on any atom is 0.327 e. The fourth-order valence-electron chi connectivity index (χ4n) is 1.52. The molecular formula is C12H10N4O2. The van der Waals surface area contributed by atoms with Crippen LogP contribution in [-0.4, -0.2) is 24.1 Å². The van der Waals surface area contributed by atoms with Crippen LogP contribution in [0.5, 0.6) is 0 Å². The number of allylic oxidation sites excluding steroid dienone is 4. The van der Waals surface area contributed by atoms with Crippen LogP contribution in [0.4, 0.5) is 0 Å². The van der Waals surface area contributed by atoms with Gasteiger partial charge in [-0.05, 0) is 19.4 Å². The fraction of sp³-hybridized carbons (Fsp3) is 0.333. The lowest BCUT2D eigenvalue weighted by Crippen LogP contribution is -2.20. The highest BCUT2D eigenvalue weighted by Crippen LogP contribution is 2.21. The number of carbonyl (C=O) groups excluding carboxylic acids is 1. The minimum Gasteiger partial charge on any atom is -0.443 e. The van der Waals surface area contributed by atoms with Crippen LogP contribution in [0.1, 0.15) is 13.8 Å². The molecule has 1 saturated heterocycles. The number of ether oxygens (including phenoxy) is 1. The Hall–Kier alpha value is -2.78. The van der Waals surface area contributed by atoms with E-state index in [-0.39, 0.29) is 30.4 Å². The molecule has 0 N–H and O–H groups in total. The van der Waals surface area contributed by atoms with Crippen molar-refractivity contribution in [2.75, 3.05) is 13.3 Å². The molecule has 90 valence electrons. The van der Waals surface area contributed by atoms with E-state index < -0.39 is 0 Å². The molecule has 0 aromatic heterocycles. The Bertz CT molecular complexity index is 550. The monoisotopic (exact) mass is 242 g/mol. The smallest absolute Gasteiger partial charge is 0.327 e. The first-order valence-electron chi connectivity index (χ1n) is 5.08. The Kier molecular flexibility index (Phi) is 4.07. The number of nitriles is 3. The van der Waals surface area contributed by atoms with Crippen molar-refractivity contribution in [1.82, 2.24) is 4.90 Å². The van der Waals surface area contributed by atoms with Gasteiger partial charge in [-0.25, -0.2) is 0 Å². The Morgan fingerprint density at radius 2 is 1.83 bits per heavy atom. The third-order valence-corrected chi connectivity index (χ3v) is 2.62. The number of hydrogen-bond acceptors (Lipinski definition) is 6. The summed E-state index contributed by atoms with van der Waals surface area (Å²) in [4.78, 5) is 12.6. The SMILES string of the molecule is CC(=C(C#N)C#N)/C(C#N)=C(\C)N1COC(=O)C1. The van der Waals surface area contributed by atoms with Gasteiger partial charge in [0.15, 0.2) is 6.73 Å². The maximum atomic E-state index is 11.0. The first-order chi connectivity index (χ1) is 8.54. The number of cyclic esters (lactones) is 1. The second-order valence-electron chi connectivity index (χ2n) is 3.64. The summed E-state index contributed by atoms with van der Waals surface area (Å²) in [5.41, 5.74) is 0.923. The van der Waals surface area contributed by atoms with Gasteiger partial charge in [0.1, 0.15) is 30.3 Å². The van der Waals surface area contributed by atoms with Gasteiger partial charge >= 0.3 is 5.97 Å². The van der Waals surface area contributed by atoms with E-state index in [4.69, 9.17) is 20.5 Å². The molecule has 0 amide bonds. The summed E-state index contributed by atoms with van der Waals surface area (Å²) in [5.74, 6) is -0.367. The first-order valence-corrected chi connectivity index (χ1v) is 5.08. The third-order valence-electron chi connectivity index (χ3n) is 2.62. The summed E-state index contributed by atoms with van der Waals surface area (Å²) >= 11 is 0. The van der Waals surface area contributed by atoms with Crippen LogP contribution in [-0.2, 0) is 9.53 Å². The minimum absolute atomic E-state index is 0.0682. The van der Waals surface area contributed by atoms with Crippen molar-refractivity contribution in [2.24, 2.45) is 0 Å². The molecule has 1 aliphatic heterocycles. The van der Waals surface area contributed by atoms with E-state index in [1.165, 1.54) is 6.92 Å². The minimum atomic E-state index is -0.367. The van der Waals surface area contributed by atoms with Gasteiger partial charge in [0.2, 0.25) is 0 Å². The normalized spacial score (nSPS) is 14.8. The van der Waals surface area contributed by atoms with Crippen LogP contribution in [0.3, 0.4) is 0 Å². The average molecular weight is 242 g/mol. The van der Waals surface area contributed by atoms with Crippen molar-refractivity contribution in [2.45, 2.75) is 13.8 Å². The predicted molar refractivity (Wildman–Crippen MR) is 59.9 cm³/mol. The molecule has 1 rings (SSSR count). The first kappa shape index (κ1) is 13.3. The maximum absolute atomic E-state index is 11.0. The fourth-order valence-corrected chi connectivity index (χ4v) is 1.52. The number of hydrogen-bond donors (Lipinski definition) is 0. The molecule has 0 saturated carbocycles. The lowest BCUT2D eigenvalue weighted by molar-refractivity contribution is -0.136.